The molecule has 0 radical (unpaired) electrons. The second kappa shape index (κ2) is 13.8. The number of benzene rings is 1. The number of alkyl carbamates (subject to hydrolysis) is 1. The van der Waals surface area contributed by atoms with E-state index in [1.807, 2.05) is 59.1 Å². The fourth-order valence-electron chi connectivity index (χ4n) is 4.65. The summed E-state index contributed by atoms with van der Waals surface area (Å²) in [5, 5.41) is 8.41. The van der Waals surface area contributed by atoms with Crippen LogP contribution in [0.3, 0.4) is 0 Å². The van der Waals surface area contributed by atoms with E-state index in [4.69, 9.17) is 14.5 Å². The molecule has 1 unspecified atom stereocenters. The van der Waals surface area contributed by atoms with Crippen LogP contribution < -0.4 is 20.7 Å². The van der Waals surface area contributed by atoms with Gasteiger partial charge in [0.2, 0.25) is 0 Å². The van der Waals surface area contributed by atoms with Crippen LogP contribution in [0, 0.1) is 5.82 Å². The molecule has 0 spiro atoms. The fourth-order valence-corrected chi connectivity index (χ4v) is 5.69. The maximum Gasteiger partial charge on any atom is 0.407 e. The average Bonchev–Trinajstić information content (AvgIpc) is 3.67. The van der Waals surface area contributed by atoms with Gasteiger partial charge in [0.25, 0.3) is 0 Å². The summed E-state index contributed by atoms with van der Waals surface area (Å²) in [7, 11) is 2.01. The van der Waals surface area contributed by atoms with Crippen molar-refractivity contribution in [3.63, 3.8) is 0 Å². The van der Waals surface area contributed by atoms with Gasteiger partial charge in [0.1, 0.15) is 11.4 Å². The van der Waals surface area contributed by atoms with Gasteiger partial charge in [-0.2, -0.15) is 0 Å². The van der Waals surface area contributed by atoms with Crippen molar-refractivity contribution in [2.75, 3.05) is 18.9 Å². The summed E-state index contributed by atoms with van der Waals surface area (Å²) in [6.45, 7) is 8.90. The number of ether oxygens (including phenoxy) is 2. The number of carbonyl (C=O) groups is 2. The first-order valence-electron chi connectivity index (χ1n) is 15.0. The Morgan fingerprint density at radius 2 is 1.91 bits per heavy atom. The minimum absolute atomic E-state index is 0.0407. The van der Waals surface area contributed by atoms with Gasteiger partial charge < -0.3 is 30.3 Å². The molecule has 5 rings (SSSR count). The number of nitrogens with one attached hydrogen (secondary N) is 3. The molecule has 1 saturated carbocycles. The summed E-state index contributed by atoms with van der Waals surface area (Å²) in [4.78, 5) is 36.4. The highest BCUT2D eigenvalue weighted by molar-refractivity contribution is 7.22. The first kappa shape index (κ1) is 32.1. The predicted molar refractivity (Wildman–Crippen MR) is 174 cm³/mol. The van der Waals surface area contributed by atoms with Crippen LogP contribution in [0.4, 0.5) is 19.7 Å². The fraction of sp³-hybridized carbons (Fsp3) is 0.394. The quantitative estimate of drug-likeness (QED) is 0.158. The molecule has 1 fully saturated rings. The lowest BCUT2D eigenvalue weighted by molar-refractivity contribution is 0.0492. The maximum absolute atomic E-state index is 14.9. The van der Waals surface area contributed by atoms with Gasteiger partial charge in [-0.1, -0.05) is 13.0 Å². The lowest BCUT2D eigenvalue weighted by Gasteiger charge is -2.26. The monoisotopic (exact) mass is 634 g/mol. The smallest absolute Gasteiger partial charge is 0.407 e. The number of nitrogens with zero attached hydrogens (tertiary/aromatic N) is 3. The van der Waals surface area contributed by atoms with E-state index in [0.29, 0.717) is 24.5 Å². The highest BCUT2D eigenvalue weighted by Gasteiger charge is 2.23. The van der Waals surface area contributed by atoms with Gasteiger partial charge in [0, 0.05) is 55.4 Å². The van der Waals surface area contributed by atoms with Crippen LogP contribution in [0.25, 0.3) is 20.8 Å². The number of fused-ring (bicyclic) bond motifs is 1. The molecule has 3 amide bonds. The predicted octanol–water partition coefficient (Wildman–Crippen LogP) is 7.31. The first-order valence-corrected chi connectivity index (χ1v) is 15.8. The van der Waals surface area contributed by atoms with Crippen LogP contribution in [-0.2, 0) is 11.3 Å². The first-order chi connectivity index (χ1) is 21.5. The van der Waals surface area contributed by atoms with Crippen molar-refractivity contribution in [3.8, 4) is 22.1 Å². The molecule has 0 bridgehead atoms. The Hall–Kier alpha value is -4.29. The SMILES string of the molecule is CCC(CN(C)Cc1ccc(-c2cc3nccc(Oc4ccc(NC(=O)NC5CC5)cc4F)c3s2)nc1)NC(=O)OC(C)(C)C. The van der Waals surface area contributed by atoms with Crippen molar-refractivity contribution in [3.05, 3.63) is 66.2 Å². The Labute approximate surface area is 266 Å². The molecule has 3 aromatic heterocycles. The molecule has 10 nitrogen and oxygen atoms in total. The molecule has 1 atom stereocenters. The molecular weight excluding hydrogens is 595 g/mol. The summed E-state index contributed by atoms with van der Waals surface area (Å²) >= 11 is 1.47. The molecule has 238 valence electrons. The third-order valence-electron chi connectivity index (χ3n) is 6.97. The van der Waals surface area contributed by atoms with Crippen LogP contribution >= 0.6 is 11.3 Å². The molecule has 3 heterocycles. The normalized spacial score (nSPS) is 13.8. The molecule has 4 aromatic rings. The van der Waals surface area contributed by atoms with Crippen molar-refractivity contribution in [1.82, 2.24) is 25.5 Å². The van der Waals surface area contributed by atoms with Gasteiger partial charge in [0.15, 0.2) is 11.6 Å². The lowest BCUT2D eigenvalue weighted by Crippen LogP contribution is -2.44. The summed E-state index contributed by atoms with van der Waals surface area (Å²) in [6, 6.07) is 11.8. The third kappa shape index (κ3) is 9.11. The largest absolute Gasteiger partial charge is 0.453 e. The Morgan fingerprint density at radius 1 is 1.11 bits per heavy atom. The number of urea groups is 1. The average molecular weight is 635 g/mol. The van der Waals surface area contributed by atoms with E-state index in [2.05, 4.69) is 25.8 Å². The minimum atomic E-state index is -0.589. The summed E-state index contributed by atoms with van der Waals surface area (Å²) in [5.41, 5.74) is 2.35. The Bertz CT molecular complexity index is 1650. The van der Waals surface area contributed by atoms with E-state index < -0.39 is 17.5 Å². The molecule has 1 aliphatic rings. The minimum Gasteiger partial charge on any atom is -0.453 e. The zero-order valence-corrected chi connectivity index (χ0v) is 27.0. The van der Waals surface area contributed by atoms with Crippen molar-refractivity contribution < 1.29 is 23.5 Å². The van der Waals surface area contributed by atoms with Crippen molar-refractivity contribution in [1.29, 1.82) is 0 Å². The van der Waals surface area contributed by atoms with Crippen LogP contribution in [0.2, 0.25) is 0 Å². The third-order valence-corrected chi connectivity index (χ3v) is 8.13. The number of likely N-dealkylation sites (N-methyl/N-ethyl adjacent to an activating group) is 1. The van der Waals surface area contributed by atoms with Crippen LogP contribution in [0.15, 0.2) is 54.9 Å². The zero-order valence-electron chi connectivity index (χ0n) is 26.1. The lowest BCUT2D eigenvalue weighted by atomic mass is 10.2. The molecular formula is C33H39FN6O4S. The Kier molecular flexibility index (Phi) is 9.83. The summed E-state index contributed by atoms with van der Waals surface area (Å²) < 4.78 is 27.0. The van der Waals surface area contributed by atoms with Gasteiger partial charge in [-0.3, -0.25) is 9.97 Å². The summed E-state index contributed by atoms with van der Waals surface area (Å²) in [6.07, 6.45) is 5.77. The molecule has 3 N–H and O–H groups in total. The number of anilines is 1. The Morgan fingerprint density at radius 3 is 2.58 bits per heavy atom. The number of hydrogen-bond acceptors (Lipinski definition) is 8. The van der Waals surface area contributed by atoms with E-state index in [-0.39, 0.29) is 23.9 Å². The molecule has 1 aliphatic carbocycles. The molecule has 1 aromatic carbocycles. The maximum atomic E-state index is 14.9. The molecule has 45 heavy (non-hydrogen) atoms. The zero-order chi connectivity index (χ0) is 32.1. The van der Waals surface area contributed by atoms with E-state index in [0.717, 1.165) is 45.6 Å². The van der Waals surface area contributed by atoms with E-state index in [9.17, 15) is 14.0 Å². The number of carbonyl (C=O) groups excluding carboxylic acids is 2. The number of rotatable bonds is 11. The van der Waals surface area contributed by atoms with E-state index in [1.54, 1.807) is 18.3 Å². The highest BCUT2D eigenvalue weighted by Crippen LogP contribution is 2.39. The number of pyridine rings is 2. The molecule has 0 saturated heterocycles. The van der Waals surface area contributed by atoms with E-state index >= 15 is 0 Å². The van der Waals surface area contributed by atoms with Crippen molar-refractivity contribution in [2.24, 2.45) is 0 Å². The molecule has 0 aliphatic heterocycles. The van der Waals surface area contributed by atoms with E-state index in [1.165, 1.54) is 23.5 Å². The van der Waals surface area contributed by atoms with Gasteiger partial charge in [-0.25, -0.2) is 14.0 Å². The van der Waals surface area contributed by atoms with Gasteiger partial charge in [-0.05, 0) is 76.9 Å². The summed E-state index contributed by atoms with van der Waals surface area (Å²) in [5.74, 6) is -0.0658. The number of amides is 3. The number of aromatic nitrogens is 2. The van der Waals surface area contributed by atoms with Gasteiger partial charge in [0.05, 0.1) is 20.8 Å². The molecule has 12 heteroatoms. The van der Waals surface area contributed by atoms with Gasteiger partial charge >= 0.3 is 12.1 Å². The van der Waals surface area contributed by atoms with Crippen LogP contribution in [-0.4, -0.2) is 58.3 Å². The van der Waals surface area contributed by atoms with Crippen LogP contribution in [0.1, 0.15) is 52.5 Å². The standard InChI is InChI=1S/C33H39FN6O4S/c1-6-21(39-32(42)44-33(2,3)4)19-40(5)18-20-7-11-25(36-17-20)29-16-26-30(45-29)28(13-14-35-26)43-27-12-10-23(15-24(27)34)38-31(41)37-22-8-9-22/h7,10-17,21-22H,6,8-9,18-19H2,1-5H3,(H,39,42)(H2,37,38,41). The number of thiophene rings is 1. The number of halogens is 1. The Balaban J connectivity index is 1.21. The second-order valence-electron chi connectivity index (χ2n) is 12.3. The van der Waals surface area contributed by atoms with Crippen molar-refractivity contribution in [2.45, 2.75) is 71.2 Å². The highest BCUT2D eigenvalue weighted by atomic mass is 32.1. The van der Waals surface area contributed by atoms with Crippen LogP contribution in [0.5, 0.6) is 11.5 Å². The second-order valence-corrected chi connectivity index (χ2v) is 13.3. The van der Waals surface area contributed by atoms with Crippen molar-refractivity contribution >= 4 is 39.4 Å². The van der Waals surface area contributed by atoms with Gasteiger partial charge in [-0.15, -0.1) is 11.3 Å². The number of hydrogen-bond donors (Lipinski definition) is 3. The topological polar surface area (TPSA) is 118 Å².